The van der Waals surface area contributed by atoms with Gasteiger partial charge in [-0.15, -0.1) is 11.3 Å². The van der Waals surface area contributed by atoms with Gasteiger partial charge in [0.1, 0.15) is 11.5 Å². The minimum absolute atomic E-state index is 0.0407. The van der Waals surface area contributed by atoms with Crippen LogP contribution in [0.5, 0.6) is 0 Å². The van der Waals surface area contributed by atoms with Crippen molar-refractivity contribution in [2.75, 3.05) is 9.62 Å². The largest absolute Gasteiger partial charge is 0.433 e. The first-order chi connectivity index (χ1) is 14.4. The van der Waals surface area contributed by atoms with Gasteiger partial charge in [0.15, 0.2) is 0 Å². The van der Waals surface area contributed by atoms with Gasteiger partial charge < -0.3 is 9.62 Å². The lowest BCUT2D eigenvalue weighted by atomic mass is 10.1. The Morgan fingerprint density at radius 1 is 1.10 bits per heavy atom. The molecule has 0 bridgehead atoms. The number of aromatic nitrogens is 1. The Morgan fingerprint density at radius 2 is 1.84 bits per heavy atom. The number of pyridine rings is 1. The van der Waals surface area contributed by atoms with Gasteiger partial charge in [-0.2, -0.15) is 13.2 Å². The summed E-state index contributed by atoms with van der Waals surface area (Å²) in [5.41, 5.74) is 2.94. The maximum Gasteiger partial charge on any atom is 0.433 e. The highest BCUT2D eigenvalue weighted by Crippen LogP contribution is 2.45. The molecule has 1 aromatic carbocycles. The van der Waals surface area contributed by atoms with E-state index in [0.717, 1.165) is 41.1 Å². The van der Waals surface area contributed by atoms with Crippen molar-refractivity contribution < 1.29 is 22.0 Å². The monoisotopic (exact) mass is 471 g/mol. The summed E-state index contributed by atoms with van der Waals surface area (Å²) in [4.78, 5) is 4.40. The number of benzene rings is 1. The minimum atomic E-state index is -4.55. The number of aryl methyl sites for hydroxylation is 1. The normalized spacial score (nSPS) is 14.0. The van der Waals surface area contributed by atoms with Crippen molar-refractivity contribution >= 4 is 40.5 Å². The Hall–Kier alpha value is -2.33. The summed E-state index contributed by atoms with van der Waals surface area (Å²) in [5, 5.41) is 4.70. The van der Waals surface area contributed by atoms with Crippen LogP contribution < -0.4 is 9.62 Å². The van der Waals surface area contributed by atoms with E-state index in [-0.39, 0.29) is 17.2 Å². The second-order valence-corrected chi connectivity index (χ2v) is 9.40. The molecule has 1 N–H and O–H groups in total. The molecule has 0 saturated carbocycles. The summed E-state index contributed by atoms with van der Waals surface area (Å²) >= 11 is 2.25. The van der Waals surface area contributed by atoms with Gasteiger partial charge in [0, 0.05) is 22.8 Å². The van der Waals surface area contributed by atoms with E-state index in [1.807, 2.05) is 24.2 Å². The Morgan fingerprint density at radius 3 is 2.48 bits per heavy atom. The van der Waals surface area contributed by atoms with Crippen molar-refractivity contribution in [1.82, 2.24) is 4.98 Å². The van der Waals surface area contributed by atoms with Gasteiger partial charge in [-0.1, -0.05) is 12.1 Å². The van der Waals surface area contributed by atoms with Crippen LogP contribution in [0.3, 0.4) is 0 Å². The van der Waals surface area contributed by atoms with Crippen LogP contribution in [0.15, 0.2) is 40.6 Å². The van der Waals surface area contributed by atoms with E-state index in [2.05, 4.69) is 10.3 Å². The number of rotatable bonds is 3. The number of hydrogen-bond acceptors (Lipinski definition) is 5. The van der Waals surface area contributed by atoms with Crippen LogP contribution in [0.25, 0.3) is 0 Å². The minimum Gasteiger partial charge on any atom is -0.338 e. The third kappa shape index (κ3) is 4.36. The van der Waals surface area contributed by atoms with Crippen LogP contribution >= 0.6 is 23.3 Å². The van der Waals surface area contributed by atoms with Crippen LogP contribution in [0.4, 0.5) is 39.1 Å². The first kappa shape index (κ1) is 21.9. The first-order valence-corrected chi connectivity index (χ1v) is 11.0. The number of nitrogens with zero attached hydrogens (tertiary/aromatic N) is 2. The maximum absolute atomic E-state index is 13.7. The van der Waals surface area contributed by atoms with Crippen molar-refractivity contribution in [3.05, 3.63) is 63.0 Å². The molecule has 1 aliphatic rings. The number of anilines is 3. The van der Waals surface area contributed by atoms with Crippen molar-refractivity contribution in [2.45, 2.75) is 44.3 Å². The summed E-state index contributed by atoms with van der Waals surface area (Å²) in [5.74, 6) is -2.80. The quantitative estimate of drug-likeness (QED) is 0.314. The predicted octanol–water partition coefficient (Wildman–Crippen LogP) is 7.66. The zero-order valence-electron chi connectivity index (χ0n) is 16.8. The number of alkyl halides is 5. The van der Waals surface area contributed by atoms with E-state index in [1.165, 1.54) is 24.1 Å². The number of hydrogen-bond donors (Lipinski definition) is 1. The average Bonchev–Trinajstić information content (AvgIpc) is 3.07. The molecule has 164 valence electrons. The molecule has 3 heterocycles. The molecule has 0 unspecified atom stereocenters. The predicted molar refractivity (Wildman–Crippen MR) is 114 cm³/mol. The summed E-state index contributed by atoms with van der Waals surface area (Å²) in [6, 6.07) is 7.48. The maximum atomic E-state index is 13.7. The Labute approximate surface area is 184 Å². The van der Waals surface area contributed by atoms with Gasteiger partial charge in [-0.3, -0.25) is 0 Å². The molecule has 3 aromatic rings. The molecule has 4 rings (SSSR count). The van der Waals surface area contributed by atoms with Gasteiger partial charge in [0.25, 0.3) is 5.92 Å². The van der Waals surface area contributed by atoms with E-state index < -0.39 is 17.8 Å². The van der Waals surface area contributed by atoms with E-state index in [4.69, 9.17) is 0 Å². The Balaban J connectivity index is 1.78. The zero-order chi connectivity index (χ0) is 22.6. The lowest BCUT2D eigenvalue weighted by molar-refractivity contribution is -0.141. The van der Waals surface area contributed by atoms with Crippen LogP contribution in [0, 0.1) is 13.8 Å². The molecule has 0 saturated heterocycles. The summed E-state index contributed by atoms with van der Waals surface area (Å²) in [6.45, 7) is 4.97. The van der Waals surface area contributed by atoms with Gasteiger partial charge >= 0.3 is 6.18 Å². The highest BCUT2D eigenvalue weighted by molar-refractivity contribution is 8.00. The van der Waals surface area contributed by atoms with Crippen LogP contribution in [-0.2, 0) is 18.6 Å². The lowest BCUT2D eigenvalue weighted by Crippen LogP contribution is -2.15. The van der Waals surface area contributed by atoms with E-state index in [9.17, 15) is 22.0 Å². The topological polar surface area (TPSA) is 28.2 Å². The number of thiophene rings is 1. The third-order valence-corrected chi connectivity index (χ3v) is 7.24. The molecule has 0 radical (unpaired) electrons. The van der Waals surface area contributed by atoms with E-state index in [1.54, 1.807) is 11.4 Å². The smallest absolute Gasteiger partial charge is 0.338 e. The van der Waals surface area contributed by atoms with Crippen molar-refractivity contribution in [2.24, 2.45) is 0 Å². The summed E-state index contributed by atoms with van der Waals surface area (Å²) in [7, 11) is 0. The standard InChI is InChI=1S/C21H18F5N3S2/c1-11-4-6-15-18(12(11)2)29(31-14-8-17(30-10-14)20(3,22)23)9-13-5-7-16(21(24,25)26)28-19(13)27-15/h4-8,10H,9H2,1-3H3,(H,27,28). The summed E-state index contributed by atoms with van der Waals surface area (Å²) < 4.78 is 68.8. The van der Waals surface area contributed by atoms with Crippen molar-refractivity contribution in [1.29, 1.82) is 0 Å². The Kier molecular flexibility index (Phi) is 5.41. The lowest BCUT2D eigenvalue weighted by Gasteiger charge is -2.25. The van der Waals surface area contributed by atoms with E-state index in [0.29, 0.717) is 16.1 Å². The van der Waals surface area contributed by atoms with Crippen molar-refractivity contribution in [3.8, 4) is 0 Å². The fourth-order valence-corrected chi connectivity index (χ4v) is 5.33. The molecule has 31 heavy (non-hydrogen) atoms. The van der Waals surface area contributed by atoms with Crippen molar-refractivity contribution in [3.63, 3.8) is 0 Å². The highest BCUT2D eigenvalue weighted by Gasteiger charge is 2.34. The van der Waals surface area contributed by atoms with Gasteiger partial charge in [-0.05, 0) is 55.1 Å². The highest BCUT2D eigenvalue weighted by atomic mass is 32.2. The number of fused-ring (bicyclic) bond motifs is 2. The molecule has 3 nitrogen and oxygen atoms in total. The molecule has 0 fully saturated rings. The second-order valence-electron chi connectivity index (χ2n) is 7.39. The fraction of sp³-hybridized carbons (Fsp3) is 0.286. The molecule has 10 heteroatoms. The third-order valence-electron chi connectivity index (χ3n) is 5.01. The Bertz CT molecular complexity index is 1140. The number of nitrogens with one attached hydrogen (secondary N) is 1. The molecule has 0 aliphatic carbocycles. The van der Waals surface area contributed by atoms with E-state index >= 15 is 0 Å². The molecule has 0 spiro atoms. The molecule has 2 aromatic heterocycles. The van der Waals surface area contributed by atoms with Gasteiger partial charge in [-0.25, -0.2) is 13.8 Å². The van der Waals surface area contributed by atoms with Gasteiger partial charge in [0.2, 0.25) is 0 Å². The average molecular weight is 472 g/mol. The van der Waals surface area contributed by atoms with Gasteiger partial charge in [0.05, 0.1) is 22.8 Å². The van der Waals surface area contributed by atoms with Crippen LogP contribution in [0.1, 0.15) is 34.2 Å². The summed E-state index contributed by atoms with van der Waals surface area (Å²) in [6.07, 6.45) is -4.55. The molecule has 0 amide bonds. The van der Waals surface area contributed by atoms with Crippen LogP contribution in [0.2, 0.25) is 0 Å². The zero-order valence-corrected chi connectivity index (χ0v) is 18.4. The molecular formula is C21H18F5N3S2. The SMILES string of the molecule is Cc1ccc2c(c1C)N(Sc1csc(C(C)(F)F)c1)Cc1ccc(C(F)(F)F)nc1N2. The van der Waals surface area contributed by atoms with Crippen LogP contribution in [-0.4, -0.2) is 4.98 Å². The first-order valence-electron chi connectivity index (χ1n) is 9.30. The second kappa shape index (κ2) is 7.67. The molecule has 0 atom stereocenters. The molecule has 1 aliphatic heterocycles. The molecular weight excluding hydrogens is 453 g/mol. The fourth-order valence-electron chi connectivity index (χ4n) is 3.27. The number of halogens is 5.